The molecule has 0 aliphatic carbocycles. The Morgan fingerprint density at radius 2 is 1.71 bits per heavy atom. The Hall–Kier alpha value is -4.28. The number of carbonyl (C=O) groups is 1. The van der Waals surface area contributed by atoms with Crippen molar-refractivity contribution in [3.8, 4) is 28.6 Å². The molecule has 1 fully saturated rings. The standard InChI is InChI=1S/C27H24N6O/c28-18-33-12-10-32(11-13-33)17-19-6-8-21(9-7-19)26-23(20-4-2-1-3-5-20)14-22-16-30-25(27(29)34)15-24(22)31-26/h1-9,14-16H,10-13,17H2,(H2,29,34). The van der Waals surface area contributed by atoms with Gasteiger partial charge in [-0.1, -0.05) is 54.6 Å². The molecule has 4 aromatic rings. The van der Waals surface area contributed by atoms with Crippen LogP contribution < -0.4 is 5.73 Å². The van der Waals surface area contributed by atoms with E-state index in [0.717, 1.165) is 60.5 Å². The summed E-state index contributed by atoms with van der Waals surface area (Å²) in [6.45, 7) is 4.17. The Kier molecular flexibility index (Phi) is 5.90. The normalized spacial score (nSPS) is 14.1. The molecule has 0 radical (unpaired) electrons. The number of fused-ring (bicyclic) bond motifs is 1. The van der Waals surface area contributed by atoms with Gasteiger partial charge in [-0.15, -0.1) is 0 Å². The van der Waals surface area contributed by atoms with Crippen LogP contribution in [0, 0.1) is 11.5 Å². The maximum Gasteiger partial charge on any atom is 0.267 e. The average Bonchev–Trinajstić information content (AvgIpc) is 2.89. The first-order valence-corrected chi connectivity index (χ1v) is 11.2. The number of nitriles is 1. The van der Waals surface area contributed by atoms with Gasteiger partial charge in [0, 0.05) is 55.4 Å². The molecule has 0 bridgehead atoms. The lowest BCUT2D eigenvalue weighted by Crippen LogP contribution is -2.43. The van der Waals surface area contributed by atoms with E-state index in [4.69, 9.17) is 16.0 Å². The van der Waals surface area contributed by atoms with Crippen molar-refractivity contribution >= 4 is 16.8 Å². The molecule has 168 valence electrons. The van der Waals surface area contributed by atoms with Gasteiger partial charge < -0.3 is 10.6 Å². The van der Waals surface area contributed by atoms with E-state index in [-0.39, 0.29) is 5.69 Å². The number of amides is 1. The second-order valence-electron chi connectivity index (χ2n) is 8.44. The summed E-state index contributed by atoms with van der Waals surface area (Å²) >= 11 is 0. The molecule has 2 N–H and O–H groups in total. The first-order valence-electron chi connectivity index (χ1n) is 11.2. The average molecular weight is 449 g/mol. The molecule has 7 nitrogen and oxygen atoms in total. The molecule has 1 aliphatic heterocycles. The van der Waals surface area contributed by atoms with Crippen molar-refractivity contribution in [1.82, 2.24) is 19.8 Å². The fourth-order valence-electron chi connectivity index (χ4n) is 4.29. The Balaban J connectivity index is 1.50. The van der Waals surface area contributed by atoms with E-state index in [1.54, 1.807) is 17.2 Å². The van der Waals surface area contributed by atoms with Crippen molar-refractivity contribution in [1.29, 1.82) is 5.26 Å². The maximum absolute atomic E-state index is 11.6. The van der Waals surface area contributed by atoms with Crippen LogP contribution in [-0.2, 0) is 6.54 Å². The predicted molar refractivity (Wildman–Crippen MR) is 131 cm³/mol. The summed E-state index contributed by atoms with van der Waals surface area (Å²) in [5, 5.41) is 9.89. The zero-order valence-electron chi connectivity index (χ0n) is 18.7. The minimum atomic E-state index is -0.572. The lowest BCUT2D eigenvalue weighted by Gasteiger charge is -2.31. The number of nitrogens with two attached hydrogens (primary N) is 1. The van der Waals surface area contributed by atoms with E-state index in [1.807, 2.05) is 18.2 Å². The van der Waals surface area contributed by atoms with Gasteiger partial charge in [0.1, 0.15) is 5.69 Å². The summed E-state index contributed by atoms with van der Waals surface area (Å²) in [6.07, 6.45) is 3.87. The fourth-order valence-corrected chi connectivity index (χ4v) is 4.29. The summed E-state index contributed by atoms with van der Waals surface area (Å²) in [6, 6.07) is 22.3. The van der Waals surface area contributed by atoms with Crippen LogP contribution in [0.15, 0.2) is 72.9 Å². The first-order chi connectivity index (χ1) is 16.6. The molecule has 0 spiro atoms. The van der Waals surface area contributed by atoms with Gasteiger partial charge in [0.15, 0.2) is 6.19 Å². The van der Waals surface area contributed by atoms with E-state index in [9.17, 15) is 4.79 Å². The quantitative estimate of drug-likeness (QED) is 0.468. The van der Waals surface area contributed by atoms with Crippen molar-refractivity contribution < 1.29 is 4.79 Å². The van der Waals surface area contributed by atoms with E-state index in [0.29, 0.717) is 5.52 Å². The monoisotopic (exact) mass is 448 g/mol. The van der Waals surface area contributed by atoms with Crippen molar-refractivity contribution in [2.24, 2.45) is 5.73 Å². The lowest BCUT2D eigenvalue weighted by atomic mass is 9.97. The number of piperazine rings is 1. The predicted octanol–water partition coefficient (Wildman–Crippen LogP) is 3.66. The summed E-state index contributed by atoms with van der Waals surface area (Å²) in [5.74, 6) is -0.572. The topological polar surface area (TPSA) is 99.1 Å². The number of hydrogen-bond acceptors (Lipinski definition) is 6. The molecule has 2 aromatic carbocycles. The van der Waals surface area contributed by atoms with Crippen molar-refractivity contribution in [2.45, 2.75) is 6.54 Å². The Morgan fingerprint density at radius 1 is 0.971 bits per heavy atom. The summed E-state index contributed by atoms with van der Waals surface area (Å²) < 4.78 is 0. The van der Waals surface area contributed by atoms with Crippen LogP contribution in [0.4, 0.5) is 0 Å². The molecule has 1 aliphatic rings. The van der Waals surface area contributed by atoms with Crippen LogP contribution in [0.1, 0.15) is 16.1 Å². The van der Waals surface area contributed by atoms with Gasteiger partial charge in [0.25, 0.3) is 5.91 Å². The van der Waals surface area contributed by atoms with Gasteiger partial charge in [-0.2, -0.15) is 5.26 Å². The first kappa shape index (κ1) is 21.6. The van der Waals surface area contributed by atoms with Crippen LogP contribution in [0.3, 0.4) is 0 Å². The number of hydrogen-bond donors (Lipinski definition) is 1. The van der Waals surface area contributed by atoms with Gasteiger partial charge in [-0.25, -0.2) is 4.98 Å². The van der Waals surface area contributed by atoms with Gasteiger partial charge in [-0.3, -0.25) is 14.7 Å². The molecular formula is C27H24N6O. The zero-order valence-corrected chi connectivity index (χ0v) is 18.7. The third-order valence-electron chi connectivity index (χ3n) is 6.18. The highest BCUT2D eigenvalue weighted by molar-refractivity contribution is 5.96. The SMILES string of the molecule is N#CN1CCN(Cc2ccc(-c3nc4cc(C(N)=O)ncc4cc3-c3ccccc3)cc2)CC1. The van der Waals surface area contributed by atoms with E-state index < -0.39 is 5.91 Å². The van der Waals surface area contributed by atoms with Gasteiger partial charge >= 0.3 is 0 Å². The van der Waals surface area contributed by atoms with E-state index >= 15 is 0 Å². The molecule has 0 atom stereocenters. The summed E-state index contributed by atoms with van der Waals surface area (Å²) in [4.78, 5) is 24.9. The van der Waals surface area contributed by atoms with Gasteiger partial charge in [0.05, 0.1) is 11.2 Å². The molecule has 34 heavy (non-hydrogen) atoms. The second kappa shape index (κ2) is 9.30. The molecule has 7 heteroatoms. The summed E-state index contributed by atoms with van der Waals surface area (Å²) in [7, 11) is 0. The van der Waals surface area contributed by atoms with Gasteiger partial charge in [0.2, 0.25) is 0 Å². The van der Waals surface area contributed by atoms with Crippen molar-refractivity contribution in [3.05, 3.63) is 84.2 Å². The molecule has 1 amide bonds. The molecule has 0 unspecified atom stereocenters. The third-order valence-corrected chi connectivity index (χ3v) is 6.18. The van der Waals surface area contributed by atoms with Crippen molar-refractivity contribution in [2.75, 3.05) is 26.2 Å². The number of benzene rings is 2. The Labute approximate surface area is 198 Å². The Morgan fingerprint density at radius 3 is 2.38 bits per heavy atom. The highest BCUT2D eigenvalue weighted by Gasteiger charge is 2.17. The number of nitrogens with zero attached hydrogens (tertiary/aromatic N) is 5. The largest absolute Gasteiger partial charge is 0.364 e. The second-order valence-corrected chi connectivity index (χ2v) is 8.44. The van der Waals surface area contributed by atoms with Crippen LogP contribution in [0.2, 0.25) is 0 Å². The fraction of sp³-hybridized carbons (Fsp3) is 0.185. The molecule has 3 heterocycles. The number of rotatable bonds is 5. The minimum Gasteiger partial charge on any atom is -0.364 e. The van der Waals surface area contributed by atoms with Crippen LogP contribution >= 0.6 is 0 Å². The minimum absolute atomic E-state index is 0.199. The van der Waals surface area contributed by atoms with Gasteiger partial charge in [-0.05, 0) is 23.3 Å². The summed E-state index contributed by atoms with van der Waals surface area (Å²) in [5.41, 5.74) is 11.4. The number of aromatic nitrogens is 2. The number of primary amides is 1. The smallest absolute Gasteiger partial charge is 0.267 e. The maximum atomic E-state index is 11.6. The zero-order chi connectivity index (χ0) is 23.5. The molecular weight excluding hydrogens is 424 g/mol. The highest BCUT2D eigenvalue weighted by Crippen LogP contribution is 2.33. The van der Waals surface area contributed by atoms with Crippen LogP contribution in [0.25, 0.3) is 33.3 Å². The Bertz CT molecular complexity index is 1370. The van der Waals surface area contributed by atoms with Crippen molar-refractivity contribution in [3.63, 3.8) is 0 Å². The number of carbonyl (C=O) groups excluding carboxylic acids is 1. The highest BCUT2D eigenvalue weighted by atomic mass is 16.1. The third kappa shape index (κ3) is 4.45. The van der Waals surface area contributed by atoms with Crippen LogP contribution in [-0.4, -0.2) is 51.9 Å². The lowest BCUT2D eigenvalue weighted by molar-refractivity contribution is 0.0995. The number of pyridine rings is 2. The molecule has 1 saturated heterocycles. The molecule has 0 saturated carbocycles. The molecule has 5 rings (SSSR count). The van der Waals surface area contributed by atoms with E-state index in [2.05, 4.69) is 58.5 Å². The van der Waals surface area contributed by atoms with Crippen LogP contribution in [0.5, 0.6) is 0 Å². The molecule has 2 aromatic heterocycles. The van der Waals surface area contributed by atoms with E-state index in [1.165, 1.54) is 5.56 Å².